The third-order valence-electron chi connectivity index (χ3n) is 3.40. The second-order valence-electron chi connectivity index (χ2n) is 5.07. The van der Waals surface area contributed by atoms with E-state index in [-0.39, 0.29) is 5.91 Å². The van der Waals surface area contributed by atoms with Gasteiger partial charge < -0.3 is 14.4 Å². The van der Waals surface area contributed by atoms with E-state index >= 15 is 0 Å². The Labute approximate surface area is 134 Å². The number of amides is 1. The van der Waals surface area contributed by atoms with Crippen molar-refractivity contribution in [3.05, 3.63) is 22.2 Å². The molecule has 0 radical (unpaired) electrons. The van der Waals surface area contributed by atoms with Gasteiger partial charge in [-0.25, -0.2) is 0 Å². The highest BCUT2D eigenvalue weighted by Gasteiger charge is 2.22. The summed E-state index contributed by atoms with van der Waals surface area (Å²) in [6.45, 7) is 6.82. The van der Waals surface area contributed by atoms with E-state index in [0.29, 0.717) is 30.3 Å². The molecule has 5 heteroatoms. The molecule has 0 spiro atoms. The van der Waals surface area contributed by atoms with Crippen LogP contribution >= 0.6 is 15.9 Å². The van der Waals surface area contributed by atoms with Crippen molar-refractivity contribution in [3.63, 3.8) is 0 Å². The minimum absolute atomic E-state index is 0.0659. The van der Waals surface area contributed by atoms with Crippen LogP contribution in [0.2, 0.25) is 0 Å². The molecule has 116 valence electrons. The zero-order chi connectivity index (χ0) is 15.2. The summed E-state index contributed by atoms with van der Waals surface area (Å²) in [5, 5.41) is 0. The van der Waals surface area contributed by atoms with E-state index in [1.807, 2.05) is 17.9 Å². The van der Waals surface area contributed by atoms with Crippen molar-refractivity contribution in [3.8, 4) is 11.5 Å². The van der Waals surface area contributed by atoms with E-state index in [2.05, 4.69) is 22.9 Å². The van der Waals surface area contributed by atoms with Crippen LogP contribution in [0.15, 0.2) is 16.6 Å². The Morgan fingerprint density at radius 1 is 1.24 bits per heavy atom. The molecule has 0 atom stereocenters. The quantitative estimate of drug-likeness (QED) is 0.777. The zero-order valence-corrected chi connectivity index (χ0v) is 14.2. The van der Waals surface area contributed by atoms with E-state index in [9.17, 15) is 4.79 Å². The highest BCUT2D eigenvalue weighted by atomic mass is 79.9. The zero-order valence-electron chi connectivity index (χ0n) is 12.7. The minimum Gasteiger partial charge on any atom is -0.490 e. The van der Waals surface area contributed by atoms with E-state index in [0.717, 1.165) is 36.8 Å². The van der Waals surface area contributed by atoms with Gasteiger partial charge in [0.05, 0.1) is 17.7 Å². The number of carbonyl (C=O) groups is 1. The van der Waals surface area contributed by atoms with Crippen LogP contribution < -0.4 is 9.47 Å². The van der Waals surface area contributed by atoms with Crippen LogP contribution in [-0.4, -0.2) is 37.1 Å². The fourth-order valence-electron chi connectivity index (χ4n) is 2.40. The molecule has 1 aliphatic rings. The summed E-state index contributed by atoms with van der Waals surface area (Å²) in [6.07, 6.45) is 3.10. The van der Waals surface area contributed by atoms with E-state index in [4.69, 9.17) is 9.47 Å². The third kappa shape index (κ3) is 3.90. The molecule has 1 aromatic rings. The molecule has 0 unspecified atom stereocenters. The van der Waals surface area contributed by atoms with Gasteiger partial charge >= 0.3 is 0 Å². The van der Waals surface area contributed by atoms with Crippen LogP contribution in [0.3, 0.4) is 0 Å². The lowest BCUT2D eigenvalue weighted by molar-refractivity contribution is 0.0792. The smallest absolute Gasteiger partial charge is 0.254 e. The lowest BCUT2D eigenvalue weighted by Gasteiger charge is -2.18. The van der Waals surface area contributed by atoms with Gasteiger partial charge in [-0.2, -0.15) is 0 Å². The van der Waals surface area contributed by atoms with Crippen LogP contribution in [0.1, 0.15) is 43.5 Å². The largest absolute Gasteiger partial charge is 0.490 e. The molecule has 0 N–H and O–H groups in total. The lowest BCUT2D eigenvalue weighted by Crippen LogP contribution is -2.27. The first-order valence-corrected chi connectivity index (χ1v) is 8.35. The molecule has 1 aromatic carbocycles. The number of carbonyl (C=O) groups excluding carboxylic acids is 1. The fraction of sp³-hybridized carbons (Fsp3) is 0.562. The van der Waals surface area contributed by atoms with E-state index < -0.39 is 0 Å². The number of halogens is 1. The standard InChI is InChI=1S/C16H22BrNO3/c1-3-9-21-15-13(17)10-12(11-14(15)20-4-2)16(19)18-7-5-6-8-18/h10-11H,3-9H2,1-2H3. The monoisotopic (exact) mass is 355 g/mol. The van der Waals surface area contributed by atoms with E-state index in [1.54, 1.807) is 6.07 Å². The number of hydrogen-bond acceptors (Lipinski definition) is 3. The van der Waals surface area contributed by atoms with Gasteiger partial charge in [0, 0.05) is 18.7 Å². The van der Waals surface area contributed by atoms with Gasteiger partial charge in [0.1, 0.15) is 0 Å². The van der Waals surface area contributed by atoms with Crippen molar-refractivity contribution in [1.29, 1.82) is 0 Å². The summed E-state index contributed by atoms with van der Waals surface area (Å²) < 4.78 is 12.1. The summed E-state index contributed by atoms with van der Waals surface area (Å²) in [5.74, 6) is 1.37. The molecule has 2 rings (SSSR count). The lowest BCUT2D eigenvalue weighted by atomic mass is 10.1. The summed E-state index contributed by atoms with van der Waals surface area (Å²) in [4.78, 5) is 14.4. The SMILES string of the molecule is CCCOc1c(Br)cc(C(=O)N2CCCC2)cc1OCC. The number of nitrogens with zero attached hydrogens (tertiary/aromatic N) is 1. The minimum atomic E-state index is 0.0659. The first-order chi connectivity index (χ1) is 10.2. The molecule has 1 amide bonds. The molecule has 1 fully saturated rings. The summed E-state index contributed by atoms with van der Waals surface area (Å²) in [7, 11) is 0. The van der Waals surface area contributed by atoms with Crippen LogP contribution in [-0.2, 0) is 0 Å². The molecular formula is C16H22BrNO3. The van der Waals surface area contributed by atoms with Crippen LogP contribution in [0.25, 0.3) is 0 Å². The molecule has 4 nitrogen and oxygen atoms in total. The topological polar surface area (TPSA) is 38.8 Å². The Bertz CT molecular complexity index is 499. The number of likely N-dealkylation sites (tertiary alicyclic amines) is 1. The Balaban J connectivity index is 2.28. The predicted molar refractivity (Wildman–Crippen MR) is 86.2 cm³/mol. The van der Waals surface area contributed by atoms with Crippen molar-refractivity contribution < 1.29 is 14.3 Å². The van der Waals surface area contributed by atoms with Gasteiger partial charge in [0.15, 0.2) is 11.5 Å². The van der Waals surface area contributed by atoms with Gasteiger partial charge in [-0.15, -0.1) is 0 Å². The Morgan fingerprint density at radius 2 is 1.95 bits per heavy atom. The van der Waals surface area contributed by atoms with Crippen molar-refractivity contribution in [2.45, 2.75) is 33.1 Å². The number of hydrogen-bond donors (Lipinski definition) is 0. The molecule has 0 aromatic heterocycles. The number of ether oxygens (including phenoxy) is 2. The van der Waals surface area contributed by atoms with Crippen molar-refractivity contribution >= 4 is 21.8 Å². The van der Waals surface area contributed by atoms with Gasteiger partial charge in [-0.3, -0.25) is 4.79 Å². The van der Waals surface area contributed by atoms with Crippen molar-refractivity contribution in [1.82, 2.24) is 4.90 Å². The Kier molecular flexibility index (Phi) is 5.91. The molecular weight excluding hydrogens is 334 g/mol. The fourth-order valence-corrected chi connectivity index (χ4v) is 2.96. The average Bonchev–Trinajstić information content (AvgIpc) is 3.00. The predicted octanol–water partition coefficient (Wildman–Crippen LogP) is 3.87. The average molecular weight is 356 g/mol. The van der Waals surface area contributed by atoms with Crippen LogP contribution in [0.5, 0.6) is 11.5 Å². The molecule has 21 heavy (non-hydrogen) atoms. The second kappa shape index (κ2) is 7.69. The van der Waals surface area contributed by atoms with Gasteiger partial charge in [-0.1, -0.05) is 6.92 Å². The molecule has 1 saturated heterocycles. The number of rotatable bonds is 6. The summed E-state index contributed by atoms with van der Waals surface area (Å²) in [5.41, 5.74) is 0.649. The number of benzene rings is 1. The van der Waals surface area contributed by atoms with Crippen LogP contribution in [0.4, 0.5) is 0 Å². The highest BCUT2D eigenvalue weighted by Crippen LogP contribution is 2.37. The molecule has 1 aliphatic heterocycles. The van der Waals surface area contributed by atoms with E-state index in [1.165, 1.54) is 0 Å². The summed E-state index contributed by atoms with van der Waals surface area (Å²) in [6, 6.07) is 3.62. The maximum Gasteiger partial charge on any atom is 0.254 e. The highest BCUT2D eigenvalue weighted by molar-refractivity contribution is 9.10. The van der Waals surface area contributed by atoms with Crippen molar-refractivity contribution in [2.75, 3.05) is 26.3 Å². The molecule has 0 aliphatic carbocycles. The Morgan fingerprint density at radius 3 is 2.57 bits per heavy atom. The van der Waals surface area contributed by atoms with Gasteiger partial charge in [0.2, 0.25) is 0 Å². The molecule has 0 bridgehead atoms. The first kappa shape index (κ1) is 16.1. The molecule has 1 heterocycles. The Hall–Kier alpha value is -1.23. The summed E-state index contributed by atoms with van der Waals surface area (Å²) >= 11 is 3.50. The molecule has 0 saturated carbocycles. The third-order valence-corrected chi connectivity index (χ3v) is 3.99. The van der Waals surface area contributed by atoms with Crippen molar-refractivity contribution in [2.24, 2.45) is 0 Å². The maximum absolute atomic E-state index is 12.5. The maximum atomic E-state index is 12.5. The van der Waals surface area contributed by atoms with Crippen LogP contribution in [0, 0.1) is 0 Å². The van der Waals surface area contributed by atoms with Gasteiger partial charge in [-0.05, 0) is 54.2 Å². The first-order valence-electron chi connectivity index (χ1n) is 7.55. The normalized spacial score (nSPS) is 14.3. The second-order valence-corrected chi connectivity index (χ2v) is 5.92. The van der Waals surface area contributed by atoms with Gasteiger partial charge in [0.25, 0.3) is 5.91 Å².